The topological polar surface area (TPSA) is 93.3 Å². The van der Waals surface area contributed by atoms with E-state index in [4.69, 9.17) is 0 Å². The molecule has 1 amide bonds. The average Bonchev–Trinajstić information content (AvgIpc) is 2.77. The van der Waals surface area contributed by atoms with Crippen LogP contribution in [0.2, 0.25) is 0 Å². The third-order valence-electron chi connectivity index (χ3n) is 5.25. The number of nitrogens with zero attached hydrogens (tertiary/aromatic N) is 6. The smallest absolute Gasteiger partial charge is 0.331 e. The van der Waals surface area contributed by atoms with E-state index in [9.17, 15) is 14.4 Å². The maximum atomic E-state index is 12.9. The Morgan fingerprint density at radius 3 is 2.48 bits per heavy atom. The molecule has 0 bridgehead atoms. The van der Waals surface area contributed by atoms with Crippen LogP contribution >= 0.6 is 0 Å². The number of hydrogen-bond donors (Lipinski definition) is 0. The summed E-state index contributed by atoms with van der Waals surface area (Å²) >= 11 is 0. The highest BCUT2D eigenvalue weighted by Crippen LogP contribution is 2.13. The van der Waals surface area contributed by atoms with Gasteiger partial charge in [0.25, 0.3) is 5.56 Å². The molecule has 0 spiro atoms. The number of carbonyl (C=O) groups excluding carboxylic acids is 1. The molecular weight excluding hydrogens is 372 g/mol. The quantitative estimate of drug-likeness (QED) is 0.633. The fourth-order valence-electron chi connectivity index (χ4n) is 3.68. The van der Waals surface area contributed by atoms with E-state index in [0.717, 1.165) is 5.82 Å². The molecule has 1 aliphatic heterocycles. The molecule has 0 aliphatic carbocycles. The normalized spacial score (nSPS) is 14.4. The largest absolute Gasteiger partial charge is 0.352 e. The van der Waals surface area contributed by atoms with Crippen molar-refractivity contribution in [2.24, 2.45) is 0 Å². The first-order valence-electron chi connectivity index (χ1n) is 9.61. The highest BCUT2D eigenvalue weighted by Gasteiger charge is 2.23. The van der Waals surface area contributed by atoms with Crippen LogP contribution in [0.3, 0.4) is 0 Å². The van der Waals surface area contributed by atoms with Crippen LogP contribution in [0, 0.1) is 0 Å². The second kappa shape index (κ2) is 7.86. The van der Waals surface area contributed by atoms with Crippen molar-refractivity contribution < 1.29 is 4.79 Å². The Hall–Kier alpha value is -3.49. The van der Waals surface area contributed by atoms with Gasteiger partial charge in [0, 0.05) is 45.1 Å². The number of hydrogen-bond acceptors (Lipinski definition) is 6. The first-order chi connectivity index (χ1) is 14.1. The molecule has 150 valence electrons. The van der Waals surface area contributed by atoms with Gasteiger partial charge in [-0.3, -0.25) is 23.7 Å². The van der Waals surface area contributed by atoms with Gasteiger partial charge in [0.2, 0.25) is 5.91 Å². The van der Waals surface area contributed by atoms with Crippen LogP contribution in [0.1, 0.15) is 6.92 Å². The molecule has 1 fully saturated rings. The van der Waals surface area contributed by atoms with Gasteiger partial charge in [0.1, 0.15) is 12.4 Å². The first kappa shape index (κ1) is 18.9. The van der Waals surface area contributed by atoms with E-state index in [0.29, 0.717) is 37.1 Å². The van der Waals surface area contributed by atoms with E-state index in [1.54, 1.807) is 54.7 Å². The Balaban J connectivity index is 1.56. The summed E-state index contributed by atoms with van der Waals surface area (Å²) in [6.45, 7) is 4.28. The third-order valence-corrected chi connectivity index (χ3v) is 5.25. The van der Waals surface area contributed by atoms with Gasteiger partial charge in [-0.25, -0.2) is 9.78 Å². The Morgan fingerprint density at radius 2 is 1.79 bits per heavy atom. The van der Waals surface area contributed by atoms with Gasteiger partial charge in [-0.15, -0.1) is 0 Å². The van der Waals surface area contributed by atoms with Crippen molar-refractivity contribution >= 4 is 22.6 Å². The Labute approximate surface area is 166 Å². The van der Waals surface area contributed by atoms with E-state index >= 15 is 0 Å². The van der Waals surface area contributed by atoms with Gasteiger partial charge in [-0.1, -0.05) is 12.1 Å². The minimum atomic E-state index is -0.456. The van der Waals surface area contributed by atoms with Gasteiger partial charge in [0.05, 0.1) is 17.1 Å². The fraction of sp³-hybridized carbons (Fsp3) is 0.350. The van der Waals surface area contributed by atoms with Gasteiger partial charge >= 0.3 is 5.69 Å². The lowest BCUT2D eigenvalue weighted by Gasteiger charge is -2.35. The molecule has 0 saturated carbocycles. The van der Waals surface area contributed by atoms with Crippen molar-refractivity contribution in [2.45, 2.75) is 20.0 Å². The lowest BCUT2D eigenvalue weighted by atomic mass is 10.2. The average molecular weight is 394 g/mol. The minimum absolute atomic E-state index is 0.0925. The maximum absolute atomic E-state index is 12.9. The number of piperazine rings is 1. The summed E-state index contributed by atoms with van der Waals surface area (Å²) < 4.78 is 2.57. The molecule has 29 heavy (non-hydrogen) atoms. The molecule has 1 aromatic carbocycles. The SMILES string of the molecule is CCn1c(=O)c2ccccc2n(CC(=O)N2CCN(c3cnccn3)CC2)c1=O. The maximum Gasteiger partial charge on any atom is 0.331 e. The number of amides is 1. The predicted octanol–water partition coefficient (Wildman–Crippen LogP) is 0.322. The summed E-state index contributed by atoms with van der Waals surface area (Å²) in [5.41, 5.74) is -0.295. The molecule has 3 aromatic rings. The Morgan fingerprint density at radius 1 is 1.03 bits per heavy atom. The van der Waals surface area contributed by atoms with Crippen LogP contribution in [0.15, 0.2) is 52.4 Å². The van der Waals surface area contributed by atoms with Crippen molar-refractivity contribution in [3.63, 3.8) is 0 Å². The van der Waals surface area contributed by atoms with Crippen molar-refractivity contribution in [3.8, 4) is 0 Å². The lowest BCUT2D eigenvalue weighted by molar-refractivity contribution is -0.132. The zero-order valence-electron chi connectivity index (χ0n) is 16.2. The Kier molecular flexibility index (Phi) is 5.11. The second-order valence-corrected chi connectivity index (χ2v) is 6.87. The summed E-state index contributed by atoms with van der Waals surface area (Å²) in [4.78, 5) is 50.5. The van der Waals surface area contributed by atoms with Crippen LogP contribution < -0.4 is 16.1 Å². The van der Waals surface area contributed by atoms with Gasteiger partial charge in [0.15, 0.2) is 0 Å². The number of para-hydroxylation sites is 1. The van der Waals surface area contributed by atoms with Gasteiger partial charge in [-0.2, -0.15) is 0 Å². The van der Waals surface area contributed by atoms with E-state index in [2.05, 4.69) is 14.9 Å². The zero-order chi connectivity index (χ0) is 20.4. The Bertz CT molecular complexity index is 1150. The lowest BCUT2D eigenvalue weighted by Crippen LogP contribution is -2.51. The highest BCUT2D eigenvalue weighted by atomic mass is 16.2. The van der Waals surface area contributed by atoms with Crippen molar-refractivity contribution in [2.75, 3.05) is 31.1 Å². The highest BCUT2D eigenvalue weighted by molar-refractivity contribution is 5.81. The number of carbonyl (C=O) groups is 1. The van der Waals surface area contributed by atoms with E-state index in [1.165, 1.54) is 9.13 Å². The zero-order valence-corrected chi connectivity index (χ0v) is 16.2. The predicted molar refractivity (Wildman–Crippen MR) is 109 cm³/mol. The van der Waals surface area contributed by atoms with Crippen molar-refractivity contribution in [3.05, 3.63) is 63.7 Å². The number of aromatic nitrogens is 4. The number of benzene rings is 1. The molecule has 2 aromatic heterocycles. The van der Waals surface area contributed by atoms with Crippen LogP contribution in [-0.4, -0.2) is 56.1 Å². The number of rotatable bonds is 4. The second-order valence-electron chi connectivity index (χ2n) is 6.87. The molecule has 0 N–H and O–H groups in total. The summed E-state index contributed by atoms with van der Waals surface area (Å²) in [5, 5.41) is 0.439. The number of anilines is 1. The van der Waals surface area contributed by atoms with Crippen LogP contribution in [0.25, 0.3) is 10.9 Å². The fourth-order valence-corrected chi connectivity index (χ4v) is 3.68. The molecule has 0 unspecified atom stereocenters. The molecule has 4 rings (SSSR count). The molecule has 0 atom stereocenters. The molecule has 9 nitrogen and oxygen atoms in total. The van der Waals surface area contributed by atoms with Crippen LogP contribution in [0.4, 0.5) is 5.82 Å². The van der Waals surface area contributed by atoms with Crippen molar-refractivity contribution in [1.82, 2.24) is 24.0 Å². The molecule has 9 heteroatoms. The summed E-state index contributed by atoms with van der Waals surface area (Å²) in [5.74, 6) is 0.647. The van der Waals surface area contributed by atoms with Crippen LogP contribution in [-0.2, 0) is 17.9 Å². The summed E-state index contributed by atoms with van der Waals surface area (Å²) in [7, 11) is 0. The van der Waals surface area contributed by atoms with E-state index < -0.39 is 5.69 Å². The van der Waals surface area contributed by atoms with Crippen LogP contribution in [0.5, 0.6) is 0 Å². The van der Waals surface area contributed by atoms with Gasteiger partial charge < -0.3 is 9.80 Å². The minimum Gasteiger partial charge on any atom is -0.352 e. The molecular formula is C20H22N6O3. The van der Waals surface area contributed by atoms with E-state index in [-0.39, 0.29) is 24.6 Å². The molecule has 1 saturated heterocycles. The molecule has 3 heterocycles. The van der Waals surface area contributed by atoms with E-state index in [1.807, 2.05) is 0 Å². The first-order valence-corrected chi connectivity index (χ1v) is 9.61. The molecule has 0 radical (unpaired) electrons. The number of fused-ring (bicyclic) bond motifs is 1. The summed E-state index contributed by atoms with van der Waals surface area (Å²) in [6.07, 6.45) is 4.98. The van der Waals surface area contributed by atoms with Gasteiger partial charge in [-0.05, 0) is 19.1 Å². The van der Waals surface area contributed by atoms with Crippen molar-refractivity contribution in [1.29, 1.82) is 0 Å². The molecule has 1 aliphatic rings. The standard InChI is InChI=1S/C20H22N6O3/c1-2-25-19(28)15-5-3-4-6-16(15)26(20(25)29)14-18(27)24-11-9-23(10-12-24)17-13-21-7-8-22-17/h3-8,13H,2,9-12,14H2,1H3. The summed E-state index contributed by atoms with van der Waals surface area (Å²) in [6, 6.07) is 6.91. The third kappa shape index (κ3) is 3.51. The monoisotopic (exact) mass is 394 g/mol.